The van der Waals surface area contributed by atoms with Gasteiger partial charge in [-0.3, -0.25) is 14.4 Å². The molecular formula is C23H42N4O6S. The highest BCUT2D eigenvalue weighted by atomic mass is 32.2. The number of esters is 2. The summed E-state index contributed by atoms with van der Waals surface area (Å²) < 4.78 is 9.94. The molecule has 196 valence electrons. The van der Waals surface area contributed by atoms with Crippen molar-refractivity contribution in [3.63, 3.8) is 0 Å². The molecule has 0 saturated heterocycles. The van der Waals surface area contributed by atoms with Gasteiger partial charge in [-0.2, -0.15) is 11.8 Å². The van der Waals surface area contributed by atoms with Crippen LogP contribution in [0.25, 0.3) is 0 Å². The first-order valence-electron chi connectivity index (χ1n) is 11.9. The third-order valence-corrected chi connectivity index (χ3v) is 5.73. The van der Waals surface area contributed by atoms with Crippen molar-refractivity contribution in [2.45, 2.75) is 71.4 Å². The van der Waals surface area contributed by atoms with Crippen LogP contribution >= 0.6 is 11.8 Å². The largest absolute Gasteiger partial charge is 0.465 e. The van der Waals surface area contributed by atoms with Gasteiger partial charge in [0.1, 0.15) is 12.6 Å². The molecule has 0 aliphatic heterocycles. The minimum absolute atomic E-state index is 0.00192. The van der Waals surface area contributed by atoms with Gasteiger partial charge in [0.05, 0.1) is 19.3 Å². The summed E-state index contributed by atoms with van der Waals surface area (Å²) >= 11 is 1.54. The summed E-state index contributed by atoms with van der Waals surface area (Å²) in [5.41, 5.74) is 6.02. The fraction of sp³-hybridized carbons (Fsp3) is 0.739. The number of rotatable bonds is 20. The zero-order valence-corrected chi connectivity index (χ0v) is 21.6. The lowest BCUT2D eigenvalue weighted by molar-refractivity contribution is -0.147. The van der Waals surface area contributed by atoms with Crippen molar-refractivity contribution in [3.05, 3.63) is 12.3 Å². The van der Waals surface area contributed by atoms with Gasteiger partial charge in [0, 0.05) is 36.6 Å². The highest BCUT2D eigenvalue weighted by Crippen LogP contribution is 2.09. The number of carbonyl (C=O) groups is 4. The summed E-state index contributed by atoms with van der Waals surface area (Å²) in [7, 11) is 0. The molecule has 0 bridgehead atoms. The topological polar surface area (TPSA) is 149 Å². The first-order chi connectivity index (χ1) is 16.3. The Bertz CT molecular complexity index is 647. The van der Waals surface area contributed by atoms with E-state index in [4.69, 9.17) is 15.2 Å². The van der Waals surface area contributed by atoms with Gasteiger partial charge in [-0.05, 0) is 26.7 Å². The number of unbranched alkanes of at least 4 members (excludes halogenated alkanes) is 2. The van der Waals surface area contributed by atoms with Crippen LogP contribution in [0.1, 0.15) is 59.3 Å². The zero-order valence-electron chi connectivity index (χ0n) is 20.8. The molecule has 0 aromatic heterocycles. The van der Waals surface area contributed by atoms with Crippen LogP contribution in [0, 0.1) is 0 Å². The Labute approximate surface area is 207 Å². The van der Waals surface area contributed by atoms with Crippen molar-refractivity contribution < 1.29 is 28.7 Å². The van der Waals surface area contributed by atoms with E-state index in [1.165, 1.54) is 0 Å². The molecule has 5 N–H and O–H groups in total. The van der Waals surface area contributed by atoms with E-state index in [0.717, 1.165) is 19.3 Å². The molecule has 0 aromatic carbocycles. The number of amides is 2. The number of nitrogens with two attached hydrogens (primary N) is 1. The fourth-order valence-corrected chi connectivity index (χ4v) is 3.72. The number of nitrogens with one attached hydrogen (secondary N) is 3. The smallest absolute Gasteiger partial charge is 0.328 e. The molecule has 10 nitrogen and oxygen atoms in total. The van der Waals surface area contributed by atoms with Crippen LogP contribution in [0.5, 0.6) is 0 Å². The molecule has 2 unspecified atom stereocenters. The lowest BCUT2D eigenvalue weighted by atomic mass is 10.1. The van der Waals surface area contributed by atoms with E-state index in [1.54, 1.807) is 25.6 Å². The maximum absolute atomic E-state index is 12.6. The Morgan fingerprint density at radius 2 is 1.59 bits per heavy atom. The summed E-state index contributed by atoms with van der Waals surface area (Å²) in [6.07, 6.45) is 3.08. The molecule has 2 atom stereocenters. The Kier molecular flexibility index (Phi) is 18.8. The van der Waals surface area contributed by atoms with Crippen molar-refractivity contribution in [3.8, 4) is 0 Å². The van der Waals surface area contributed by atoms with E-state index in [1.807, 2.05) is 6.92 Å². The van der Waals surface area contributed by atoms with Crippen molar-refractivity contribution in [1.82, 2.24) is 16.0 Å². The molecule has 2 amide bonds. The van der Waals surface area contributed by atoms with E-state index in [-0.39, 0.29) is 44.4 Å². The monoisotopic (exact) mass is 502 g/mol. The highest BCUT2D eigenvalue weighted by molar-refractivity contribution is 7.99. The number of hydrogen-bond donors (Lipinski definition) is 4. The molecule has 0 radical (unpaired) electrons. The Balaban J connectivity index is 4.93. The third kappa shape index (κ3) is 15.5. The van der Waals surface area contributed by atoms with Crippen LogP contribution in [0.2, 0.25) is 0 Å². The van der Waals surface area contributed by atoms with Gasteiger partial charge in [-0.25, -0.2) is 4.79 Å². The van der Waals surface area contributed by atoms with Crippen molar-refractivity contribution in [2.24, 2.45) is 5.73 Å². The number of thioether (sulfide) groups is 1. The van der Waals surface area contributed by atoms with Crippen molar-refractivity contribution >= 4 is 35.5 Å². The molecular weight excluding hydrogens is 460 g/mol. The molecule has 0 heterocycles. The van der Waals surface area contributed by atoms with Gasteiger partial charge in [0.2, 0.25) is 11.8 Å². The second kappa shape index (κ2) is 20.1. The first kappa shape index (κ1) is 31.7. The molecule has 11 heteroatoms. The maximum Gasteiger partial charge on any atom is 0.328 e. The molecule has 0 aliphatic carbocycles. The molecule has 0 rings (SSSR count). The second-order valence-electron chi connectivity index (χ2n) is 7.54. The van der Waals surface area contributed by atoms with E-state index in [0.29, 0.717) is 30.2 Å². The standard InChI is InChI=1S/C23H42N4O6S/c1-5-8-9-10-20(28)26-18(23(31)33-7-3)11-12-21(29)27-19(16-34-14-13-24)17(4)25-15-22(30)32-6-2/h18-19,25H,4-16,24H2,1-3H3,(H,26,28)(H,27,29). The number of ether oxygens (including phenoxy) is 2. The average Bonchev–Trinajstić information content (AvgIpc) is 2.80. The van der Waals surface area contributed by atoms with Crippen molar-refractivity contribution in [1.29, 1.82) is 0 Å². The average molecular weight is 503 g/mol. The third-order valence-electron chi connectivity index (χ3n) is 4.64. The maximum atomic E-state index is 12.6. The summed E-state index contributed by atoms with van der Waals surface area (Å²) in [6, 6.07) is -1.35. The minimum Gasteiger partial charge on any atom is -0.465 e. The van der Waals surface area contributed by atoms with E-state index >= 15 is 0 Å². The normalized spacial score (nSPS) is 12.2. The first-order valence-corrected chi connectivity index (χ1v) is 13.1. The predicted octanol–water partition coefficient (Wildman–Crippen LogP) is 1.24. The van der Waals surface area contributed by atoms with E-state index in [2.05, 4.69) is 22.5 Å². The van der Waals surface area contributed by atoms with Crippen molar-refractivity contribution in [2.75, 3.05) is 37.8 Å². The molecule has 34 heavy (non-hydrogen) atoms. The Morgan fingerprint density at radius 1 is 0.941 bits per heavy atom. The fourth-order valence-electron chi connectivity index (χ4n) is 2.87. The SMILES string of the molecule is C=C(NCC(=O)OCC)C(CSCCN)NC(=O)CCC(NC(=O)CCCCC)C(=O)OCC. The molecule has 0 saturated carbocycles. The van der Waals surface area contributed by atoms with Crippen LogP contribution in [0.4, 0.5) is 0 Å². The van der Waals surface area contributed by atoms with Gasteiger partial charge >= 0.3 is 11.9 Å². The van der Waals surface area contributed by atoms with E-state index in [9.17, 15) is 19.2 Å². The molecule has 0 fully saturated rings. The quantitative estimate of drug-likeness (QED) is 0.142. The second-order valence-corrected chi connectivity index (χ2v) is 8.69. The zero-order chi connectivity index (χ0) is 25.8. The molecule has 0 spiro atoms. The molecule has 0 aliphatic rings. The Morgan fingerprint density at radius 3 is 2.21 bits per heavy atom. The highest BCUT2D eigenvalue weighted by Gasteiger charge is 2.24. The Hall–Kier alpha value is -2.27. The summed E-state index contributed by atoms with van der Waals surface area (Å²) in [4.78, 5) is 48.7. The van der Waals surface area contributed by atoms with Crippen LogP contribution in [0.15, 0.2) is 12.3 Å². The number of hydrogen-bond acceptors (Lipinski definition) is 9. The van der Waals surface area contributed by atoms with Crippen LogP contribution in [-0.2, 0) is 28.7 Å². The van der Waals surface area contributed by atoms with Crippen LogP contribution < -0.4 is 21.7 Å². The molecule has 0 aromatic rings. The number of carbonyl (C=O) groups excluding carboxylic acids is 4. The lowest BCUT2D eigenvalue weighted by Crippen LogP contribution is -2.45. The minimum atomic E-state index is -0.893. The van der Waals surface area contributed by atoms with Gasteiger partial charge in [-0.15, -0.1) is 0 Å². The summed E-state index contributed by atoms with van der Waals surface area (Å²) in [5.74, 6) is -0.323. The van der Waals surface area contributed by atoms with Gasteiger partial charge in [-0.1, -0.05) is 26.3 Å². The predicted molar refractivity (Wildman–Crippen MR) is 134 cm³/mol. The summed E-state index contributed by atoms with van der Waals surface area (Å²) in [5, 5.41) is 8.45. The lowest BCUT2D eigenvalue weighted by Gasteiger charge is -2.23. The van der Waals surface area contributed by atoms with Gasteiger partial charge in [0.15, 0.2) is 0 Å². The van der Waals surface area contributed by atoms with Crippen LogP contribution in [-0.4, -0.2) is 73.6 Å². The van der Waals surface area contributed by atoms with Crippen LogP contribution in [0.3, 0.4) is 0 Å². The van der Waals surface area contributed by atoms with E-state index < -0.39 is 24.0 Å². The summed E-state index contributed by atoms with van der Waals surface area (Å²) in [6.45, 7) is 10.3. The van der Waals surface area contributed by atoms with Gasteiger partial charge in [0.25, 0.3) is 0 Å². The van der Waals surface area contributed by atoms with Gasteiger partial charge < -0.3 is 31.2 Å².